The lowest BCUT2D eigenvalue weighted by Gasteiger charge is -2.36. The number of aryl methyl sites for hydroxylation is 2. The Kier molecular flexibility index (Phi) is 5.11. The fraction of sp³-hybridized carbons (Fsp3) is 0.421. The van der Waals surface area contributed by atoms with Crippen LogP contribution in [-0.4, -0.2) is 41.3 Å². The average molecular weight is 344 g/mol. The molecule has 1 saturated heterocycles. The van der Waals surface area contributed by atoms with Crippen molar-refractivity contribution in [2.45, 2.75) is 27.0 Å². The number of hydrogen-bond donors (Lipinski definition) is 2. The van der Waals surface area contributed by atoms with Crippen molar-refractivity contribution in [3.05, 3.63) is 57.1 Å². The fourth-order valence-electron chi connectivity index (χ4n) is 3.28. The molecule has 0 spiro atoms. The molecule has 0 aliphatic carbocycles. The van der Waals surface area contributed by atoms with Gasteiger partial charge in [0.1, 0.15) is 12.4 Å². The van der Waals surface area contributed by atoms with Crippen LogP contribution in [-0.2, 0) is 13.2 Å². The van der Waals surface area contributed by atoms with Gasteiger partial charge in [-0.25, -0.2) is 0 Å². The Hall–Kier alpha value is -2.31. The quantitative estimate of drug-likeness (QED) is 0.880. The van der Waals surface area contributed by atoms with Gasteiger partial charge in [0, 0.05) is 37.9 Å². The lowest BCUT2D eigenvalue weighted by Crippen LogP contribution is -2.46. The SMILES string of the molecule is Cc1ccc(N2CCN(Cc3oc(CO)cc(=O)c3O)CC2)c(C)c1. The first kappa shape index (κ1) is 17.5. The van der Waals surface area contributed by atoms with Crippen LogP contribution in [0.4, 0.5) is 5.69 Å². The summed E-state index contributed by atoms with van der Waals surface area (Å²) in [7, 11) is 0. The van der Waals surface area contributed by atoms with Crippen molar-refractivity contribution in [2.75, 3.05) is 31.1 Å². The van der Waals surface area contributed by atoms with Gasteiger partial charge in [-0.15, -0.1) is 0 Å². The Balaban J connectivity index is 1.67. The Labute approximate surface area is 146 Å². The van der Waals surface area contributed by atoms with Gasteiger partial charge in [-0.1, -0.05) is 17.7 Å². The van der Waals surface area contributed by atoms with Crippen LogP contribution in [0.2, 0.25) is 0 Å². The minimum Gasteiger partial charge on any atom is -0.502 e. The van der Waals surface area contributed by atoms with Crippen LogP contribution in [0.25, 0.3) is 0 Å². The zero-order valence-corrected chi connectivity index (χ0v) is 14.7. The molecule has 1 aromatic carbocycles. The van der Waals surface area contributed by atoms with Gasteiger partial charge in [-0.3, -0.25) is 9.69 Å². The summed E-state index contributed by atoms with van der Waals surface area (Å²) in [6, 6.07) is 7.60. The van der Waals surface area contributed by atoms with Gasteiger partial charge >= 0.3 is 0 Å². The Morgan fingerprint density at radius 1 is 1.12 bits per heavy atom. The minimum absolute atomic E-state index is 0.173. The summed E-state index contributed by atoms with van der Waals surface area (Å²) < 4.78 is 5.43. The molecule has 0 saturated carbocycles. The van der Waals surface area contributed by atoms with Crippen molar-refractivity contribution in [1.82, 2.24) is 4.90 Å². The van der Waals surface area contributed by atoms with Crippen LogP contribution in [0.5, 0.6) is 5.75 Å². The van der Waals surface area contributed by atoms with Gasteiger partial charge in [-0.2, -0.15) is 0 Å². The van der Waals surface area contributed by atoms with Crippen LogP contribution in [0.1, 0.15) is 22.6 Å². The molecule has 6 heteroatoms. The predicted octanol–water partition coefficient (Wildman–Crippen LogP) is 1.78. The summed E-state index contributed by atoms with van der Waals surface area (Å²) in [6.07, 6.45) is 0. The highest BCUT2D eigenvalue weighted by Gasteiger charge is 2.21. The molecule has 0 amide bonds. The Bertz CT molecular complexity index is 808. The van der Waals surface area contributed by atoms with E-state index in [-0.39, 0.29) is 23.9 Å². The number of hydrogen-bond acceptors (Lipinski definition) is 6. The van der Waals surface area contributed by atoms with Crippen molar-refractivity contribution in [2.24, 2.45) is 0 Å². The molecule has 1 aliphatic heterocycles. The van der Waals surface area contributed by atoms with Gasteiger partial charge in [0.25, 0.3) is 0 Å². The summed E-state index contributed by atoms with van der Waals surface area (Å²) >= 11 is 0. The Morgan fingerprint density at radius 2 is 1.84 bits per heavy atom. The third-order valence-electron chi connectivity index (χ3n) is 4.63. The smallest absolute Gasteiger partial charge is 0.227 e. The molecule has 1 aromatic heterocycles. The number of aliphatic hydroxyl groups is 1. The van der Waals surface area contributed by atoms with E-state index in [1.54, 1.807) is 0 Å². The van der Waals surface area contributed by atoms with Crippen LogP contribution in [0.15, 0.2) is 33.5 Å². The summed E-state index contributed by atoms with van der Waals surface area (Å²) in [5.41, 5.74) is 3.27. The number of aromatic hydroxyl groups is 1. The maximum Gasteiger partial charge on any atom is 0.227 e. The van der Waals surface area contributed by atoms with Gasteiger partial charge in [0.05, 0.1) is 6.54 Å². The first-order valence-corrected chi connectivity index (χ1v) is 8.48. The summed E-state index contributed by atoms with van der Waals surface area (Å²) in [4.78, 5) is 16.2. The molecule has 3 rings (SSSR count). The van der Waals surface area contributed by atoms with E-state index in [0.717, 1.165) is 32.2 Å². The van der Waals surface area contributed by atoms with Gasteiger partial charge in [0.15, 0.2) is 5.76 Å². The number of aliphatic hydroxyl groups excluding tert-OH is 1. The molecule has 0 bridgehead atoms. The number of benzene rings is 1. The zero-order valence-electron chi connectivity index (χ0n) is 14.7. The monoisotopic (exact) mass is 344 g/mol. The number of piperazine rings is 1. The van der Waals surface area contributed by atoms with Gasteiger partial charge in [-0.05, 0) is 25.5 Å². The highest BCUT2D eigenvalue weighted by atomic mass is 16.4. The van der Waals surface area contributed by atoms with Gasteiger partial charge < -0.3 is 19.5 Å². The van der Waals surface area contributed by atoms with Crippen LogP contribution in [0.3, 0.4) is 0 Å². The minimum atomic E-state index is -0.515. The first-order chi connectivity index (χ1) is 12.0. The molecule has 2 heterocycles. The first-order valence-electron chi connectivity index (χ1n) is 8.48. The molecule has 134 valence electrons. The van der Waals surface area contributed by atoms with E-state index in [0.29, 0.717) is 6.54 Å². The molecule has 6 nitrogen and oxygen atoms in total. The lowest BCUT2D eigenvalue weighted by atomic mass is 10.1. The normalized spacial score (nSPS) is 15.6. The molecule has 1 fully saturated rings. The topological polar surface area (TPSA) is 77.2 Å². The van der Waals surface area contributed by atoms with E-state index in [2.05, 4.69) is 41.8 Å². The van der Waals surface area contributed by atoms with E-state index in [9.17, 15) is 9.90 Å². The molecule has 25 heavy (non-hydrogen) atoms. The lowest BCUT2D eigenvalue weighted by molar-refractivity contribution is 0.200. The molecular formula is C19H24N2O4. The van der Waals surface area contributed by atoms with Crippen molar-refractivity contribution in [3.8, 4) is 5.75 Å². The Morgan fingerprint density at radius 3 is 2.48 bits per heavy atom. The van der Waals surface area contributed by atoms with E-state index in [1.807, 2.05) is 0 Å². The highest BCUT2D eigenvalue weighted by molar-refractivity contribution is 5.54. The van der Waals surface area contributed by atoms with Crippen molar-refractivity contribution < 1.29 is 14.6 Å². The van der Waals surface area contributed by atoms with E-state index in [1.165, 1.54) is 16.8 Å². The third-order valence-corrected chi connectivity index (χ3v) is 4.63. The van der Waals surface area contributed by atoms with Crippen molar-refractivity contribution in [3.63, 3.8) is 0 Å². The number of nitrogens with zero attached hydrogens (tertiary/aromatic N) is 2. The van der Waals surface area contributed by atoms with Crippen LogP contribution in [0, 0.1) is 13.8 Å². The molecule has 0 radical (unpaired) electrons. The maximum atomic E-state index is 11.7. The van der Waals surface area contributed by atoms with E-state index in [4.69, 9.17) is 9.52 Å². The molecule has 2 N–H and O–H groups in total. The van der Waals surface area contributed by atoms with Crippen LogP contribution >= 0.6 is 0 Å². The van der Waals surface area contributed by atoms with Crippen molar-refractivity contribution in [1.29, 1.82) is 0 Å². The maximum absolute atomic E-state index is 11.7. The molecule has 0 unspecified atom stereocenters. The summed E-state index contributed by atoms with van der Waals surface area (Å²) in [6.45, 7) is 7.57. The zero-order chi connectivity index (χ0) is 18.0. The molecule has 0 atom stereocenters. The molecule has 1 aliphatic rings. The number of rotatable bonds is 4. The highest BCUT2D eigenvalue weighted by Crippen LogP contribution is 2.23. The van der Waals surface area contributed by atoms with E-state index >= 15 is 0 Å². The van der Waals surface area contributed by atoms with Gasteiger partial charge in [0.2, 0.25) is 11.2 Å². The second-order valence-electron chi connectivity index (χ2n) is 6.56. The standard InChI is InChI=1S/C19H24N2O4/c1-13-3-4-16(14(2)9-13)21-7-5-20(6-8-21)11-18-19(24)17(23)10-15(12-22)25-18/h3-4,9-10,22,24H,5-8,11-12H2,1-2H3. The largest absolute Gasteiger partial charge is 0.502 e. The molecule has 2 aromatic rings. The number of anilines is 1. The average Bonchev–Trinajstić information content (AvgIpc) is 2.59. The van der Waals surface area contributed by atoms with Crippen molar-refractivity contribution >= 4 is 5.69 Å². The molecular weight excluding hydrogens is 320 g/mol. The van der Waals surface area contributed by atoms with Crippen LogP contribution < -0.4 is 10.3 Å². The predicted molar refractivity (Wildman–Crippen MR) is 96.0 cm³/mol. The fourth-order valence-corrected chi connectivity index (χ4v) is 3.28. The summed E-state index contributed by atoms with van der Waals surface area (Å²) in [5.74, 6) is 0.0252. The summed E-state index contributed by atoms with van der Waals surface area (Å²) in [5, 5.41) is 19.1. The second-order valence-corrected chi connectivity index (χ2v) is 6.56. The van der Waals surface area contributed by atoms with E-state index < -0.39 is 5.43 Å². The second kappa shape index (κ2) is 7.29. The third kappa shape index (κ3) is 3.86.